The number of aromatic amines is 1. The number of ketones is 1. The van der Waals surface area contributed by atoms with E-state index < -0.39 is 17.4 Å². The van der Waals surface area contributed by atoms with Crippen LogP contribution in [-0.2, 0) is 32.8 Å². The van der Waals surface area contributed by atoms with Gasteiger partial charge in [0.25, 0.3) is 5.91 Å². The molecule has 0 spiro atoms. The summed E-state index contributed by atoms with van der Waals surface area (Å²) < 4.78 is 0. The van der Waals surface area contributed by atoms with Gasteiger partial charge in [0.1, 0.15) is 6.04 Å². The molecule has 4 aromatic rings. The first-order valence-electron chi connectivity index (χ1n) is 22.2. The Bertz CT molecular complexity index is 2520. The fourth-order valence-electron chi connectivity index (χ4n) is 10.5. The molecule has 1 aliphatic carbocycles. The summed E-state index contributed by atoms with van der Waals surface area (Å²) in [5, 5.41) is 9.72. The topological polar surface area (TPSA) is 155 Å². The molecule has 3 fully saturated rings. The number of rotatable bonds is 11. The fraction of sp³-hybridized carbons (Fsp3) is 0.458. The summed E-state index contributed by atoms with van der Waals surface area (Å²) >= 11 is 0. The van der Waals surface area contributed by atoms with Crippen molar-refractivity contribution in [1.82, 2.24) is 30.3 Å². The molecular weight excluding hydrogens is 783 g/mol. The number of piperazine rings is 1. The average Bonchev–Trinajstić information content (AvgIpc) is 3.84. The molecule has 4 aliphatic heterocycles. The third kappa shape index (κ3) is 7.51. The molecule has 14 heteroatoms. The number of hydrogen-bond donors (Lipinski definition) is 4. The number of H-pyrrole nitrogens is 1. The smallest absolute Gasteiger partial charge is 0.255 e. The Morgan fingerprint density at radius 1 is 0.935 bits per heavy atom. The molecule has 9 rings (SSSR count). The van der Waals surface area contributed by atoms with Gasteiger partial charge in [0.05, 0.1) is 18.7 Å². The van der Waals surface area contributed by atoms with Gasteiger partial charge in [-0.25, -0.2) is 4.85 Å². The van der Waals surface area contributed by atoms with Crippen molar-refractivity contribution >= 4 is 57.4 Å². The second kappa shape index (κ2) is 16.7. The van der Waals surface area contributed by atoms with Gasteiger partial charge in [0.2, 0.25) is 17.7 Å². The average molecular weight is 838 g/mol. The van der Waals surface area contributed by atoms with Gasteiger partial charge in [-0.3, -0.25) is 39.1 Å². The maximum Gasteiger partial charge on any atom is 0.255 e. The lowest BCUT2D eigenvalue weighted by molar-refractivity contribution is -0.137. The summed E-state index contributed by atoms with van der Waals surface area (Å²) in [7, 11) is 0. The monoisotopic (exact) mass is 837 g/mol. The van der Waals surface area contributed by atoms with E-state index >= 15 is 0 Å². The number of amides is 4. The van der Waals surface area contributed by atoms with E-state index in [9.17, 15) is 24.0 Å². The van der Waals surface area contributed by atoms with Gasteiger partial charge in [-0.1, -0.05) is 39.0 Å². The zero-order chi connectivity index (χ0) is 43.3. The van der Waals surface area contributed by atoms with Crippen LogP contribution in [0, 0.1) is 6.57 Å². The number of hydrogen-bond acceptors (Lipinski definition) is 9. The number of imide groups is 1. The maximum atomic E-state index is 14.1. The lowest BCUT2D eigenvalue weighted by Crippen LogP contribution is -2.54. The summed E-state index contributed by atoms with van der Waals surface area (Å²) in [4.78, 5) is 80.3. The Morgan fingerprint density at radius 2 is 1.73 bits per heavy atom. The van der Waals surface area contributed by atoms with Crippen molar-refractivity contribution in [1.29, 1.82) is 0 Å². The molecule has 4 N–H and O–H groups in total. The van der Waals surface area contributed by atoms with Crippen LogP contribution in [0.3, 0.4) is 0 Å². The maximum absolute atomic E-state index is 14.1. The standard InChI is InChI=1S/C48H55N9O5/c1-5-29-24-34-36(48(2,3)45-43(44(34)60)33-11-10-30(49-4)25-38(33)52-45)26-40(29)56-18-14-31(15-19-56)55-22-20-54(21-23-55)28-42(59)51-17-7-16-50-37-9-6-8-32-35(37)27-57(47(32)62)39-12-13-41(58)53-46(39)61/h6,8-11,24-26,31,39,50,52H,5,7,12-23,27-28H2,1-3H3,(H,51,59)(H,53,58,61). The van der Waals surface area contributed by atoms with E-state index in [1.165, 1.54) is 11.3 Å². The number of carbonyl (C=O) groups is 5. The molecule has 1 aromatic heterocycles. The molecule has 3 aromatic carbocycles. The third-order valence-corrected chi connectivity index (χ3v) is 13.9. The summed E-state index contributed by atoms with van der Waals surface area (Å²) in [5.41, 5.74) is 9.14. The van der Waals surface area contributed by atoms with Crippen molar-refractivity contribution in [2.45, 2.75) is 83.3 Å². The van der Waals surface area contributed by atoms with Crippen LogP contribution in [0.1, 0.15) is 102 Å². The van der Waals surface area contributed by atoms with E-state index in [1.807, 2.05) is 24.3 Å². The van der Waals surface area contributed by atoms with E-state index in [-0.39, 0.29) is 29.9 Å². The van der Waals surface area contributed by atoms with Crippen LogP contribution < -0.4 is 20.9 Å². The van der Waals surface area contributed by atoms with E-state index in [0.29, 0.717) is 56.3 Å². The number of nitrogens with zero attached hydrogens (tertiary/aromatic N) is 5. The molecule has 0 saturated carbocycles. The highest BCUT2D eigenvalue weighted by atomic mass is 16.2. The number of aryl methyl sites for hydroxylation is 1. The van der Waals surface area contributed by atoms with Gasteiger partial charge < -0.3 is 25.4 Å². The first-order valence-corrected chi connectivity index (χ1v) is 22.2. The number of aromatic nitrogens is 1. The minimum atomic E-state index is -0.651. The molecule has 0 radical (unpaired) electrons. The molecule has 14 nitrogen and oxygen atoms in total. The van der Waals surface area contributed by atoms with Crippen molar-refractivity contribution in [3.63, 3.8) is 0 Å². The highest BCUT2D eigenvalue weighted by Crippen LogP contribution is 2.46. The molecule has 62 heavy (non-hydrogen) atoms. The van der Waals surface area contributed by atoms with Crippen LogP contribution in [0.4, 0.5) is 17.1 Å². The lowest BCUT2D eigenvalue weighted by atomic mass is 9.70. The minimum Gasteiger partial charge on any atom is -0.385 e. The van der Waals surface area contributed by atoms with Crippen molar-refractivity contribution in [3.05, 3.63) is 99.0 Å². The van der Waals surface area contributed by atoms with Crippen LogP contribution in [0.25, 0.3) is 15.7 Å². The molecule has 1 unspecified atom stereocenters. The molecule has 5 heterocycles. The van der Waals surface area contributed by atoms with E-state index in [0.717, 1.165) is 103 Å². The fourth-order valence-corrected chi connectivity index (χ4v) is 10.5. The second-order valence-corrected chi connectivity index (χ2v) is 17.9. The molecule has 0 bridgehead atoms. The summed E-state index contributed by atoms with van der Waals surface area (Å²) in [6.45, 7) is 21.3. The number of fused-ring (bicyclic) bond motifs is 5. The minimum absolute atomic E-state index is 0.0227. The zero-order valence-electron chi connectivity index (χ0n) is 35.9. The first kappa shape index (κ1) is 41.3. The van der Waals surface area contributed by atoms with Crippen LogP contribution in [0.2, 0.25) is 0 Å². The SMILES string of the molecule is [C-]#[N+]c1ccc2c3c([nH]c2c1)C(C)(C)c1cc(N2CCC(N4CCN(CC(=O)NCCCNc5cccc6c5CN(C5CCC(=O)NC5=O)C6=O)CC4)CC2)c(CC)cc1C3=O. The summed E-state index contributed by atoms with van der Waals surface area (Å²) in [6.07, 6.45) is 4.22. The zero-order valence-corrected chi connectivity index (χ0v) is 35.9. The Morgan fingerprint density at radius 3 is 2.47 bits per heavy atom. The predicted octanol–water partition coefficient (Wildman–Crippen LogP) is 5.12. The first-order chi connectivity index (χ1) is 29.9. The summed E-state index contributed by atoms with van der Waals surface area (Å²) in [6, 6.07) is 15.3. The third-order valence-electron chi connectivity index (χ3n) is 13.9. The number of nitrogens with one attached hydrogen (secondary N) is 4. The summed E-state index contributed by atoms with van der Waals surface area (Å²) in [5.74, 6) is -0.847. The van der Waals surface area contributed by atoms with Gasteiger partial charge in [0, 0.05) is 121 Å². The largest absolute Gasteiger partial charge is 0.385 e. The van der Waals surface area contributed by atoms with Crippen molar-refractivity contribution in [2.75, 3.05) is 69.1 Å². The predicted molar refractivity (Wildman–Crippen MR) is 238 cm³/mol. The Kier molecular flexibility index (Phi) is 11.1. The van der Waals surface area contributed by atoms with E-state index in [1.54, 1.807) is 17.0 Å². The van der Waals surface area contributed by atoms with Gasteiger partial charge in [-0.2, -0.15) is 0 Å². The quantitative estimate of drug-likeness (QED) is 0.0917. The Balaban J connectivity index is 0.727. The highest BCUT2D eigenvalue weighted by molar-refractivity contribution is 6.20. The molecule has 3 saturated heterocycles. The van der Waals surface area contributed by atoms with Crippen LogP contribution in [0.15, 0.2) is 48.5 Å². The Labute approximate surface area is 362 Å². The number of benzene rings is 3. The molecular formula is C48H55N9O5. The van der Waals surface area contributed by atoms with Crippen LogP contribution in [0.5, 0.6) is 0 Å². The second-order valence-electron chi connectivity index (χ2n) is 17.9. The molecule has 4 amide bonds. The van der Waals surface area contributed by atoms with Crippen LogP contribution in [-0.4, -0.2) is 120 Å². The normalized spacial score (nSPS) is 20.5. The van der Waals surface area contributed by atoms with Crippen LogP contribution >= 0.6 is 0 Å². The van der Waals surface area contributed by atoms with Crippen molar-refractivity contribution in [2.24, 2.45) is 0 Å². The van der Waals surface area contributed by atoms with Gasteiger partial charge >= 0.3 is 0 Å². The van der Waals surface area contributed by atoms with Gasteiger partial charge in [-0.15, -0.1) is 0 Å². The van der Waals surface area contributed by atoms with Crippen molar-refractivity contribution < 1.29 is 24.0 Å². The molecule has 5 aliphatic rings. The van der Waals surface area contributed by atoms with E-state index in [2.05, 4.69) is 73.4 Å². The Hall–Kier alpha value is -6.04. The van der Waals surface area contributed by atoms with Gasteiger partial charge in [0.15, 0.2) is 11.5 Å². The number of anilines is 2. The van der Waals surface area contributed by atoms with Gasteiger partial charge in [-0.05, 0) is 73.6 Å². The lowest BCUT2D eigenvalue weighted by Gasteiger charge is -2.44. The molecule has 1 atom stereocenters. The number of carbonyl (C=O) groups excluding carboxylic acids is 5. The van der Waals surface area contributed by atoms with Crippen molar-refractivity contribution in [3.8, 4) is 0 Å². The van der Waals surface area contributed by atoms with E-state index in [4.69, 9.17) is 6.57 Å². The highest BCUT2D eigenvalue weighted by Gasteiger charge is 2.42. The molecule has 322 valence electrons. The number of piperidine rings is 2.